The van der Waals surface area contributed by atoms with E-state index in [4.69, 9.17) is 10.2 Å². The van der Waals surface area contributed by atoms with Gasteiger partial charge in [0.15, 0.2) is 0 Å². The smallest absolute Gasteiger partial charge is 0.222 e. The van der Waals surface area contributed by atoms with E-state index in [0.29, 0.717) is 11.4 Å². The lowest BCUT2D eigenvalue weighted by Gasteiger charge is -2.02. The molecule has 0 spiro atoms. The van der Waals surface area contributed by atoms with Crippen LogP contribution in [0.2, 0.25) is 0 Å². The molecular weight excluding hydrogens is 246 g/mol. The molecule has 0 atom stereocenters. The molecule has 2 aromatic rings. The van der Waals surface area contributed by atoms with Crippen LogP contribution >= 0.6 is 0 Å². The summed E-state index contributed by atoms with van der Waals surface area (Å²) in [5, 5.41) is 6.91. The molecule has 0 heterocycles. The summed E-state index contributed by atoms with van der Waals surface area (Å²) in [4.78, 5) is 36.0. The summed E-state index contributed by atoms with van der Waals surface area (Å²) in [5.41, 5.74) is 1.02. The first-order valence-corrected chi connectivity index (χ1v) is 4.99. The standard InChI is InChI=1S/C12H6N2O2.CHNO/c15-7-13-11-5-6-12(14-8-16)10-4-2-1-3-9(10)11;2-1-3/h1-6H;2H. The number of fused-ring (bicyclic) bond motifs is 1. The number of carbonyl (C=O) groups excluding carboxylic acids is 3. The molecule has 6 heteroatoms. The van der Waals surface area contributed by atoms with Crippen LogP contribution in [0, 0.1) is 5.41 Å². The molecule has 2 rings (SSSR count). The number of hydrogen-bond acceptors (Lipinski definition) is 6. The van der Waals surface area contributed by atoms with Gasteiger partial charge in [0, 0.05) is 10.8 Å². The molecule has 6 nitrogen and oxygen atoms in total. The van der Waals surface area contributed by atoms with Gasteiger partial charge in [0.1, 0.15) is 0 Å². The van der Waals surface area contributed by atoms with E-state index < -0.39 is 0 Å². The summed E-state index contributed by atoms with van der Waals surface area (Å²) in [7, 11) is 0. The third kappa shape index (κ3) is 3.40. The van der Waals surface area contributed by atoms with Gasteiger partial charge in [0.05, 0.1) is 11.4 Å². The Morgan fingerprint density at radius 1 is 0.789 bits per heavy atom. The largest absolute Gasteiger partial charge is 0.240 e. The minimum atomic E-state index is 0.510. The highest BCUT2D eigenvalue weighted by molar-refractivity contribution is 6.00. The summed E-state index contributed by atoms with van der Waals surface area (Å²) < 4.78 is 0. The molecule has 0 aromatic heterocycles. The number of aliphatic imine (C=N–C) groups is 2. The third-order valence-electron chi connectivity index (χ3n) is 2.21. The zero-order chi connectivity index (χ0) is 14.1. The van der Waals surface area contributed by atoms with Crippen LogP contribution < -0.4 is 0 Å². The molecule has 0 unspecified atom stereocenters. The number of isocyanates is 3. The van der Waals surface area contributed by atoms with Crippen LogP contribution in [0.3, 0.4) is 0 Å². The Morgan fingerprint density at radius 2 is 1.16 bits per heavy atom. The fourth-order valence-electron chi connectivity index (χ4n) is 1.56. The average Bonchev–Trinajstić information content (AvgIpc) is 2.43. The van der Waals surface area contributed by atoms with Crippen molar-refractivity contribution in [2.45, 2.75) is 0 Å². The predicted octanol–water partition coefficient (Wildman–Crippen LogP) is 2.68. The lowest BCUT2D eigenvalue weighted by molar-refractivity contribution is 0.562. The number of rotatable bonds is 2. The highest BCUT2D eigenvalue weighted by Crippen LogP contribution is 2.32. The molecule has 19 heavy (non-hydrogen) atoms. The van der Waals surface area contributed by atoms with E-state index >= 15 is 0 Å². The molecule has 0 aliphatic heterocycles. The van der Waals surface area contributed by atoms with Crippen LogP contribution in [0.1, 0.15) is 0 Å². The summed E-state index contributed by atoms with van der Waals surface area (Å²) >= 11 is 0. The SMILES string of the molecule is N=C=O.O=C=Nc1ccc(N=C=O)c2ccccc12. The first-order valence-electron chi connectivity index (χ1n) is 4.99. The fourth-order valence-corrected chi connectivity index (χ4v) is 1.56. The van der Waals surface area contributed by atoms with Gasteiger partial charge in [0.2, 0.25) is 18.2 Å². The van der Waals surface area contributed by atoms with Crippen molar-refractivity contribution in [2.75, 3.05) is 0 Å². The van der Waals surface area contributed by atoms with Crippen LogP contribution in [0.25, 0.3) is 10.8 Å². The van der Waals surface area contributed by atoms with E-state index in [1.54, 1.807) is 24.3 Å². The van der Waals surface area contributed by atoms with Crippen LogP contribution in [0.4, 0.5) is 11.4 Å². The van der Waals surface area contributed by atoms with Gasteiger partial charge in [0.25, 0.3) is 0 Å². The highest BCUT2D eigenvalue weighted by Gasteiger charge is 2.03. The van der Waals surface area contributed by atoms with Crippen molar-refractivity contribution in [2.24, 2.45) is 9.98 Å². The highest BCUT2D eigenvalue weighted by atomic mass is 16.1. The normalized spacial score (nSPS) is 8.21. The van der Waals surface area contributed by atoms with Gasteiger partial charge in [-0.2, -0.15) is 9.98 Å². The van der Waals surface area contributed by atoms with Gasteiger partial charge in [-0.3, -0.25) is 0 Å². The van der Waals surface area contributed by atoms with E-state index in [-0.39, 0.29) is 0 Å². The van der Waals surface area contributed by atoms with Crippen molar-refractivity contribution in [3.8, 4) is 0 Å². The van der Waals surface area contributed by atoms with Crippen molar-refractivity contribution in [1.82, 2.24) is 0 Å². The average molecular weight is 253 g/mol. The Hall–Kier alpha value is -3.16. The van der Waals surface area contributed by atoms with Gasteiger partial charge < -0.3 is 0 Å². The maximum Gasteiger partial charge on any atom is 0.240 e. The number of nitrogens with one attached hydrogen (secondary N) is 1. The summed E-state index contributed by atoms with van der Waals surface area (Å²) in [6, 6.07) is 10.5. The van der Waals surface area contributed by atoms with E-state index in [1.165, 1.54) is 12.2 Å². The lowest BCUT2D eigenvalue weighted by atomic mass is 10.1. The molecule has 0 aliphatic rings. The number of nitrogens with zero attached hydrogens (tertiary/aromatic N) is 2. The fraction of sp³-hybridized carbons (Fsp3) is 0. The summed E-state index contributed by atoms with van der Waals surface area (Å²) in [6.45, 7) is 0. The van der Waals surface area contributed by atoms with E-state index in [0.717, 1.165) is 16.9 Å². The Balaban J connectivity index is 0.000000550. The van der Waals surface area contributed by atoms with Crippen molar-refractivity contribution in [3.05, 3.63) is 36.4 Å². The second-order valence-electron chi connectivity index (χ2n) is 3.16. The Labute approximate surface area is 107 Å². The zero-order valence-corrected chi connectivity index (χ0v) is 9.58. The van der Waals surface area contributed by atoms with Gasteiger partial charge >= 0.3 is 0 Å². The van der Waals surface area contributed by atoms with Crippen LogP contribution in [-0.2, 0) is 14.4 Å². The first kappa shape index (κ1) is 13.9. The molecule has 0 aliphatic carbocycles. The number of benzene rings is 2. The number of hydrogen-bond donors (Lipinski definition) is 1. The van der Waals surface area contributed by atoms with Crippen LogP contribution in [-0.4, -0.2) is 18.2 Å². The molecule has 0 bridgehead atoms. The molecule has 0 amide bonds. The molecule has 0 radical (unpaired) electrons. The summed E-state index contributed by atoms with van der Waals surface area (Å²) in [6.07, 6.45) is 3.74. The molecule has 0 fully saturated rings. The minimum absolute atomic E-state index is 0.510. The molecule has 2 aromatic carbocycles. The molecule has 0 saturated heterocycles. The summed E-state index contributed by atoms with van der Waals surface area (Å²) in [5.74, 6) is 0. The third-order valence-corrected chi connectivity index (χ3v) is 2.21. The Morgan fingerprint density at radius 3 is 1.47 bits per heavy atom. The predicted molar refractivity (Wildman–Crippen MR) is 67.9 cm³/mol. The minimum Gasteiger partial charge on any atom is -0.222 e. The van der Waals surface area contributed by atoms with E-state index in [2.05, 4.69) is 9.98 Å². The molecule has 92 valence electrons. The lowest BCUT2D eigenvalue weighted by Crippen LogP contribution is -1.75. The monoisotopic (exact) mass is 253 g/mol. The van der Waals surface area contributed by atoms with Gasteiger partial charge in [-0.1, -0.05) is 24.3 Å². The maximum absolute atomic E-state index is 10.3. The molecular formula is C13H7N3O3. The van der Waals surface area contributed by atoms with Gasteiger partial charge in [-0.15, -0.1) is 0 Å². The van der Waals surface area contributed by atoms with Crippen molar-refractivity contribution in [1.29, 1.82) is 5.41 Å². The second-order valence-corrected chi connectivity index (χ2v) is 3.16. The van der Waals surface area contributed by atoms with Crippen molar-refractivity contribution >= 4 is 40.4 Å². The zero-order valence-electron chi connectivity index (χ0n) is 9.58. The van der Waals surface area contributed by atoms with Crippen LogP contribution in [0.15, 0.2) is 46.4 Å². The van der Waals surface area contributed by atoms with Crippen molar-refractivity contribution in [3.63, 3.8) is 0 Å². The quantitative estimate of drug-likeness (QED) is 0.657. The maximum atomic E-state index is 10.3. The van der Waals surface area contributed by atoms with E-state index in [9.17, 15) is 9.59 Å². The second kappa shape index (κ2) is 7.22. The van der Waals surface area contributed by atoms with Crippen molar-refractivity contribution < 1.29 is 14.4 Å². The Kier molecular flexibility index (Phi) is 5.28. The van der Waals surface area contributed by atoms with Crippen LogP contribution in [0.5, 0.6) is 0 Å². The molecule has 0 saturated carbocycles. The van der Waals surface area contributed by atoms with Gasteiger partial charge in [-0.25, -0.2) is 19.8 Å². The van der Waals surface area contributed by atoms with E-state index in [1.807, 2.05) is 12.1 Å². The first-order chi connectivity index (χ1) is 9.28. The molecule has 1 N–H and O–H groups in total. The Bertz CT molecular complexity index is 664. The van der Waals surface area contributed by atoms with Gasteiger partial charge in [-0.05, 0) is 12.1 Å². The topological polar surface area (TPSA) is 99.8 Å².